The van der Waals surface area contributed by atoms with E-state index < -0.39 is 23.4 Å². The minimum absolute atomic E-state index is 0.207. The highest BCUT2D eigenvalue weighted by Gasteiger charge is 2.12. The molecule has 1 aromatic carbocycles. The largest absolute Gasteiger partial charge is 0.465 e. The van der Waals surface area contributed by atoms with Crippen molar-refractivity contribution in [1.29, 1.82) is 0 Å². The molecule has 0 spiro atoms. The van der Waals surface area contributed by atoms with E-state index in [1.807, 2.05) is 0 Å². The zero-order valence-electron chi connectivity index (χ0n) is 6.14. The molecule has 0 heterocycles. The highest BCUT2D eigenvalue weighted by Crippen LogP contribution is 2.23. The molecule has 0 aromatic heterocycles. The lowest BCUT2D eigenvalue weighted by molar-refractivity contribution is 0.209. The second-order valence-electron chi connectivity index (χ2n) is 2.17. The van der Waals surface area contributed by atoms with Gasteiger partial charge in [0.2, 0.25) is 0 Å². The highest BCUT2D eigenvalue weighted by molar-refractivity contribution is 9.10. The summed E-state index contributed by atoms with van der Waals surface area (Å²) in [4.78, 5) is 10.1. The van der Waals surface area contributed by atoms with Crippen LogP contribution in [0.4, 0.5) is 19.3 Å². The number of halogens is 3. The molecule has 0 aliphatic rings. The SMILES string of the molecule is O=C(O)Nc1c(F)cc(Br)cc1F. The van der Waals surface area contributed by atoms with Gasteiger partial charge in [-0.1, -0.05) is 15.9 Å². The monoisotopic (exact) mass is 251 g/mol. The molecule has 0 fully saturated rings. The first kappa shape index (κ1) is 9.91. The molecular weight excluding hydrogens is 248 g/mol. The second-order valence-corrected chi connectivity index (χ2v) is 3.09. The number of anilines is 1. The summed E-state index contributed by atoms with van der Waals surface area (Å²) in [6.07, 6.45) is -1.51. The van der Waals surface area contributed by atoms with Gasteiger partial charge in [0.05, 0.1) is 0 Å². The third-order valence-electron chi connectivity index (χ3n) is 1.24. The standard InChI is InChI=1S/C7H4BrF2NO2/c8-3-1-4(9)6(5(10)2-3)11-7(12)13/h1-2,11H,(H,12,13). The summed E-state index contributed by atoms with van der Waals surface area (Å²) in [5, 5.41) is 9.84. The summed E-state index contributed by atoms with van der Waals surface area (Å²) in [7, 11) is 0. The summed E-state index contributed by atoms with van der Waals surface area (Å²) in [5.74, 6) is -1.93. The van der Waals surface area contributed by atoms with E-state index in [0.29, 0.717) is 0 Å². The molecule has 0 aliphatic carbocycles. The lowest BCUT2D eigenvalue weighted by Crippen LogP contribution is -2.10. The fourth-order valence-electron chi connectivity index (χ4n) is 0.769. The number of amides is 1. The molecule has 13 heavy (non-hydrogen) atoms. The second kappa shape index (κ2) is 3.69. The van der Waals surface area contributed by atoms with Crippen LogP contribution in [0.3, 0.4) is 0 Å². The quantitative estimate of drug-likeness (QED) is 0.807. The molecule has 6 heteroatoms. The van der Waals surface area contributed by atoms with Crippen LogP contribution in [-0.4, -0.2) is 11.2 Å². The lowest BCUT2D eigenvalue weighted by atomic mass is 10.3. The molecule has 0 bridgehead atoms. The van der Waals surface area contributed by atoms with Gasteiger partial charge >= 0.3 is 6.09 Å². The molecule has 0 aliphatic heterocycles. The average molecular weight is 252 g/mol. The fraction of sp³-hybridized carbons (Fsp3) is 0. The summed E-state index contributed by atoms with van der Waals surface area (Å²) in [6, 6.07) is 1.93. The van der Waals surface area contributed by atoms with Crippen LogP contribution < -0.4 is 5.32 Å². The molecule has 0 saturated carbocycles. The first-order chi connectivity index (χ1) is 6.00. The summed E-state index contributed by atoms with van der Waals surface area (Å²) in [5.41, 5.74) is -0.671. The van der Waals surface area contributed by atoms with E-state index in [1.165, 1.54) is 0 Å². The first-order valence-electron chi connectivity index (χ1n) is 3.15. The van der Waals surface area contributed by atoms with Gasteiger partial charge in [-0.05, 0) is 12.1 Å². The van der Waals surface area contributed by atoms with E-state index in [1.54, 1.807) is 5.32 Å². The Balaban J connectivity index is 3.13. The van der Waals surface area contributed by atoms with Gasteiger partial charge in [-0.25, -0.2) is 13.6 Å². The predicted molar refractivity (Wildman–Crippen MR) is 45.7 cm³/mol. The van der Waals surface area contributed by atoms with E-state index in [0.717, 1.165) is 12.1 Å². The average Bonchev–Trinajstić information content (AvgIpc) is 1.96. The minimum Gasteiger partial charge on any atom is -0.465 e. The molecule has 0 atom stereocenters. The third-order valence-corrected chi connectivity index (χ3v) is 1.70. The molecule has 0 unspecified atom stereocenters. The van der Waals surface area contributed by atoms with Crippen molar-refractivity contribution in [2.75, 3.05) is 5.32 Å². The van der Waals surface area contributed by atoms with Crippen LogP contribution in [0.2, 0.25) is 0 Å². The van der Waals surface area contributed by atoms with Gasteiger partial charge in [0.1, 0.15) is 5.69 Å². The molecule has 1 rings (SSSR count). The lowest BCUT2D eigenvalue weighted by Gasteiger charge is -2.04. The first-order valence-corrected chi connectivity index (χ1v) is 3.94. The van der Waals surface area contributed by atoms with Crippen LogP contribution in [0.15, 0.2) is 16.6 Å². The Morgan fingerprint density at radius 1 is 1.38 bits per heavy atom. The van der Waals surface area contributed by atoms with Gasteiger partial charge in [-0.2, -0.15) is 0 Å². The van der Waals surface area contributed by atoms with Crippen LogP contribution in [0.25, 0.3) is 0 Å². The van der Waals surface area contributed by atoms with Gasteiger partial charge in [0.15, 0.2) is 11.6 Å². The normalized spacial score (nSPS) is 9.77. The van der Waals surface area contributed by atoms with Gasteiger partial charge in [0, 0.05) is 4.47 Å². The number of nitrogens with one attached hydrogen (secondary N) is 1. The Hall–Kier alpha value is -1.17. The maximum absolute atomic E-state index is 12.9. The Kier molecular flexibility index (Phi) is 2.82. The molecule has 0 radical (unpaired) electrons. The third kappa shape index (κ3) is 2.38. The number of rotatable bonds is 1. The summed E-state index contributed by atoms with van der Waals surface area (Å²) >= 11 is 2.86. The van der Waals surface area contributed by atoms with Crippen molar-refractivity contribution < 1.29 is 18.7 Å². The zero-order valence-corrected chi connectivity index (χ0v) is 7.73. The van der Waals surface area contributed by atoms with Gasteiger partial charge < -0.3 is 5.11 Å². The van der Waals surface area contributed by atoms with Crippen LogP contribution >= 0.6 is 15.9 Å². The summed E-state index contributed by atoms with van der Waals surface area (Å²) in [6.45, 7) is 0. The van der Waals surface area contributed by atoms with Crippen molar-refractivity contribution in [2.24, 2.45) is 0 Å². The Bertz CT molecular complexity index is 333. The minimum atomic E-state index is -1.51. The summed E-state index contributed by atoms with van der Waals surface area (Å²) < 4.78 is 26.0. The highest BCUT2D eigenvalue weighted by atomic mass is 79.9. The molecule has 0 saturated heterocycles. The number of carbonyl (C=O) groups is 1. The van der Waals surface area contributed by atoms with E-state index >= 15 is 0 Å². The molecule has 1 aromatic rings. The van der Waals surface area contributed by atoms with E-state index in [2.05, 4.69) is 15.9 Å². The van der Waals surface area contributed by atoms with E-state index in [-0.39, 0.29) is 4.47 Å². The van der Waals surface area contributed by atoms with Gasteiger partial charge in [-0.3, -0.25) is 5.32 Å². The molecular formula is C7H4BrF2NO2. The number of benzene rings is 1. The van der Waals surface area contributed by atoms with Crippen LogP contribution in [0.1, 0.15) is 0 Å². The number of hydrogen-bond acceptors (Lipinski definition) is 1. The van der Waals surface area contributed by atoms with Crippen molar-refractivity contribution in [3.05, 3.63) is 28.2 Å². The van der Waals surface area contributed by atoms with Crippen LogP contribution in [-0.2, 0) is 0 Å². The van der Waals surface area contributed by atoms with E-state index in [9.17, 15) is 13.6 Å². The zero-order chi connectivity index (χ0) is 10.0. The smallest absolute Gasteiger partial charge is 0.409 e. The fourth-order valence-corrected chi connectivity index (χ4v) is 1.17. The van der Waals surface area contributed by atoms with Crippen molar-refractivity contribution in [3.8, 4) is 0 Å². The molecule has 1 amide bonds. The van der Waals surface area contributed by atoms with Crippen molar-refractivity contribution in [1.82, 2.24) is 0 Å². The maximum atomic E-state index is 12.9. The van der Waals surface area contributed by atoms with E-state index in [4.69, 9.17) is 5.11 Å². The molecule has 3 nitrogen and oxygen atoms in total. The predicted octanol–water partition coefficient (Wildman–Crippen LogP) is 2.82. The van der Waals surface area contributed by atoms with Crippen molar-refractivity contribution in [2.45, 2.75) is 0 Å². The number of carboxylic acid groups (broad SMARTS) is 1. The Labute approximate surface area is 80.5 Å². The molecule has 70 valence electrons. The van der Waals surface area contributed by atoms with Crippen molar-refractivity contribution in [3.63, 3.8) is 0 Å². The van der Waals surface area contributed by atoms with Crippen molar-refractivity contribution >= 4 is 27.7 Å². The topological polar surface area (TPSA) is 49.3 Å². The Morgan fingerprint density at radius 3 is 2.23 bits per heavy atom. The maximum Gasteiger partial charge on any atom is 0.409 e. The molecule has 2 N–H and O–H groups in total. The van der Waals surface area contributed by atoms with Gasteiger partial charge in [-0.15, -0.1) is 0 Å². The number of hydrogen-bond donors (Lipinski definition) is 2. The van der Waals surface area contributed by atoms with Crippen LogP contribution in [0, 0.1) is 11.6 Å². The van der Waals surface area contributed by atoms with Crippen LogP contribution in [0.5, 0.6) is 0 Å². The Morgan fingerprint density at radius 2 is 1.85 bits per heavy atom. The van der Waals surface area contributed by atoms with Gasteiger partial charge in [0.25, 0.3) is 0 Å².